The highest BCUT2D eigenvalue weighted by atomic mass is 16.5. The molecule has 1 aromatic carbocycles. The quantitative estimate of drug-likeness (QED) is 0.430. The Hall–Kier alpha value is -3.96. The van der Waals surface area contributed by atoms with Gasteiger partial charge in [-0.05, 0) is 19.1 Å². The molecule has 0 fully saturated rings. The summed E-state index contributed by atoms with van der Waals surface area (Å²) in [5.74, 6) is 0.285. The molecule has 2 heterocycles. The van der Waals surface area contributed by atoms with Gasteiger partial charge < -0.3 is 20.1 Å². The molecule has 0 bridgehead atoms. The number of carbonyl (C=O) groups excluding carboxylic acids is 2. The number of para-hydroxylation sites is 1. The van der Waals surface area contributed by atoms with Gasteiger partial charge in [0.15, 0.2) is 11.6 Å². The topological polar surface area (TPSA) is 132 Å². The van der Waals surface area contributed by atoms with Gasteiger partial charge in [0.2, 0.25) is 0 Å². The van der Waals surface area contributed by atoms with Gasteiger partial charge in [-0.2, -0.15) is 5.10 Å². The van der Waals surface area contributed by atoms with E-state index in [1.165, 1.54) is 19.4 Å². The molecule has 0 saturated carbocycles. The smallest absolute Gasteiger partial charge is 0.412 e. The Balaban J connectivity index is 2.04. The SMILES string of the molecule is [B]C([B])([B])NC(=O)c1cnc(NC(=O)OCC)cc1Nc1cccc(-c2ncn(C)n2)c1OC. The number of methoxy groups -OCH3 is 1. The molecule has 0 spiro atoms. The molecule has 2 aromatic heterocycles. The van der Waals surface area contributed by atoms with Crippen LogP contribution in [0.25, 0.3) is 11.4 Å². The van der Waals surface area contributed by atoms with Crippen molar-refractivity contribution in [3.05, 3.63) is 42.4 Å². The Bertz CT molecular complexity index is 1200. The second kappa shape index (κ2) is 10.3. The zero-order valence-corrected chi connectivity index (χ0v) is 18.8. The highest BCUT2D eigenvalue weighted by Gasteiger charge is 2.21. The molecule has 0 unspecified atom stereocenters. The van der Waals surface area contributed by atoms with Crippen LogP contribution in [0.2, 0.25) is 0 Å². The van der Waals surface area contributed by atoms with E-state index in [-0.39, 0.29) is 23.7 Å². The molecule has 0 saturated heterocycles. The van der Waals surface area contributed by atoms with Gasteiger partial charge in [0.05, 0.1) is 59.8 Å². The highest BCUT2D eigenvalue weighted by molar-refractivity contribution is 6.60. The van der Waals surface area contributed by atoms with Crippen molar-refractivity contribution in [2.75, 3.05) is 24.4 Å². The lowest BCUT2D eigenvalue weighted by Gasteiger charge is -2.23. The van der Waals surface area contributed by atoms with Crippen molar-refractivity contribution in [1.82, 2.24) is 25.1 Å². The zero-order chi connectivity index (χ0) is 24.9. The van der Waals surface area contributed by atoms with Crippen molar-refractivity contribution in [2.45, 2.75) is 12.2 Å². The summed E-state index contributed by atoms with van der Waals surface area (Å²) in [4.78, 5) is 32.9. The minimum absolute atomic E-state index is 0.0450. The van der Waals surface area contributed by atoms with Gasteiger partial charge in [0.25, 0.3) is 5.91 Å². The fourth-order valence-electron chi connectivity index (χ4n) is 2.98. The predicted molar refractivity (Wildman–Crippen MR) is 129 cm³/mol. The molecule has 3 rings (SSSR count). The summed E-state index contributed by atoms with van der Waals surface area (Å²) in [7, 11) is 19.8. The number of carbonyl (C=O) groups is 2. The first-order chi connectivity index (χ1) is 16.1. The molecule has 6 radical (unpaired) electrons. The molecule has 0 aliphatic heterocycles. The maximum Gasteiger partial charge on any atom is 0.412 e. The molecule has 2 amide bonds. The molecule has 0 aliphatic carbocycles. The van der Waals surface area contributed by atoms with Gasteiger partial charge in [-0.1, -0.05) is 11.3 Å². The minimum atomic E-state index is -1.96. The molecule has 0 atom stereocenters. The number of amides is 2. The highest BCUT2D eigenvalue weighted by Crippen LogP contribution is 2.37. The fraction of sp³-hybridized carbons (Fsp3) is 0.250. The van der Waals surface area contributed by atoms with Crippen LogP contribution in [0.5, 0.6) is 5.75 Å². The maximum absolute atomic E-state index is 12.8. The average Bonchev–Trinajstić information content (AvgIpc) is 3.18. The Labute approximate surface area is 200 Å². The normalized spacial score (nSPS) is 10.9. The zero-order valence-electron chi connectivity index (χ0n) is 18.8. The van der Waals surface area contributed by atoms with E-state index >= 15 is 0 Å². The lowest BCUT2D eigenvalue weighted by atomic mass is 9.49. The van der Waals surface area contributed by atoms with E-state index in [0.29, 0.717) is 22.8 Å². The third-order valence-electron chi connectivity index (χ3n) is 4.31. The average molecular weight is 455 g/mol. The van der Waals surface area contributed by atoms with E-state index in [1.54, 1.807) is 43.2 Å². The Morgan fingerprint density at radius 2 is 1.94 bits per heavy atom. The second-order valence-corrected chi connectivity index (χ2v) is 7.10. The maximum atomic E-state index is 12.8. The summed E-state index contributed by atoms with van der Waals surface area (Å²) in [5, 5.41) is 10.2. The summed E-state index contributed by atoms with van der Waals surface area (Å²) in [6, 6.07) is 6.71. The number of rotatable bonds is 8. The molecule has 14 heteroatoms. The van der Waals surface area contributed by atoms with Crippen LogP contribution in [-0.2, 0) is 11.8 Å². The van der Waals surface area contributed by atoms with Gasteiger partial charge >= 0.3 is 6.09 Å². The summed E-state index contributed by atoms with van der Waals surface area (Å²) in [6.07, 6.45) is 2.08. The van der Waals surface area contributed by atoms with E-state index in [0.717, 1.165) is 0 Å². The molecule has 3 aromatic rings. The number of hydrogen-bond donors (Lipinski definition) is 3. The second-order valence-electron chi connectivity index (χ2n) is 7.10. The standard InChI is InChI=1S/C20H20B3N7O4/c1-4-34-19(32)27-15-8-14(12(9-24-15)18(31)28-20(21,22)23)26-13-7-5-6-11(16(13)33-3)17-25-10-30(2)29-17/h5-10H,4H2,1-3H3,(H,28,31)(H2,24,26,27,32). The molecular weight excluding hydrogens is 435 g/mol. The van der Waals surface area contributed by atoms with Crippen molar-refractivity contribution < 1.29 is 19.1 Å². The number of hydrogen-bond acceptors (Lipinski definition) is 8. The molecule has 34 heavy (non-hydrogen) atoms. The largest absolute Gasteiger partial charge is 0.494 e. The van der Waals surface area contributed by atoms with Crippen molar-refractivity contribution in [3.63, 3.8) is 0 Å². The van der Waals surface area contributed by atoms with Crippen LogP contribution >= 0.6 is 0 Å². The van der Waals surface area contributed by atoms with Gasteiger partial charge in [-0.25, -0.2) is 14.8 Å². The summed E-state index contributed by atoms with van der Waals surface area (Å²) in [6.45, 7) is 1.84. The Morgan fingerprint density at radius 1 is 1.18 bits per heavy atom. The van der Waals surface area contributed by atoms with Crippen LogP contribution in [0.15, 0.2) is 36.8 Å². The van der Waals surface area contributed by atoms with Crippen molar-refractivity contribution in [1.29, 1.82) is 0 Å². The number of aryl methyl sites for hydroxylation is 1. The van der Waals surface area contributed by atoms with Crippen molar-refractivity contribution in [3.8, 4) is 17.1 Å². The third kappa shape index (κ3) is 6.09. The van der Waals surface area contributed by atoms with E-state index < -0.39 is 17.2 Å². The first-order valence-corrected chi connectivity index (χ1v) is 10.0. The molecule has 0 aliphatic rings. The number of aromatic nitrogens is 4. The Kier molecular flexibility index (Phi) is 7.49. The fourth-order valence-corrected chi connectivity index (χ4v) is 2.98. The summed E-state index contributed by atoms with van der Waals surface area (Å²) >= 11 is 0. The van der Waals surface area contributed by atoms with E-state index in [9.17, 15) is 9.59 Å². The van der Waals surface area contributed by atoms with Crippen LogP contribution in [0.4, 0.5) is 22.0 Å². The van der Waals surface area contributed by atoms with Crippen molar-refractivity contribution in [2.24, 2.45) is 7.05 Å². The number of ether oxygens (including phenoxy) is 2. The molecule has 3 N–H and O–H groups in total. The first-order valence-electron chi connectivity index (χ1n) is 10.0. The summed E-state index contributed by atoms with van der Waals surface area (Å²) in [5.41, 5.74) is 1.38. The first kappa shape index (κ1) is 24.7. The van der Waals surface area contributed by atoms with Gasteiger partial charge in [-0.3, -0.25) is 14.8 Å². The van der Waals surface area contributed by atoms with E-state index in [4.69, 9.17) is 33.0 Å². The van der Waals surface area contributed by atoms with Gasteiger partial charge in [0.1, 0.15) is 12.1 Å². The van der Waals surface area contributed by atoms with Crippen LogP contribution in [-0.4, -0.2) is 74.2 Å². The van der Waals surface area contributed by atoms with Gasteiger partial charge in [-0.15, -0.1) is 0 Å². The van der Waals surface area contributed by atoms with Crippen molar-refractivity contribution >= 4 is 52.7 Å². The number of nitrogens with zero attached hydrogens (tertiary/aromatic N) is 4. The monoisotopic (exact) mass is 455 g/mol. The van der Waals surface area contributed by atoms with E-state index in [1.807, 2.05) is 0 Å². The van der Waals surface area contributed by atoms with Crippen LogP contribution in [0.1, 0.15) is 17.3 Å². The number of pyridine rings is 1. The van der Waals surface area contributed by atoms with E-state index in [2.05, 4.69) is 31.0 Å². The Morgan fingerprint density at radius 3 is 2.56 bits per heavy atom. The minimum Gasteiger partial charge on any atom is -0.494 e. The summed E-state index contributed by atoms with van der Waals surface area (Å²) < 4.78 is 12.0. The number of anilines is 3. The number of nitrogens with one attached hydrogen (secondary N) is 3. The van der Waals surface area contributed by atoms with Crippen LogP contribution in [0, 0.1) is 0 Å². The lowest BCUT2D eigenvalue weighted by molar-refractivity contribution is 0.0953. The number of benzene rings is 1. The third-order valence-corrected chi connectivity index (χ3v) is 4.31. The molecule has 11 nitrogen and oxygen atoms in total. The predicted octanol–water partition coefficient (Wildman–Crippen LogP) is 1.04. The van der Waals surface area contributed by atoms with Crippen LogP contribution in [0.3, 0.4) is 0 Å². The molecule has 168 valence electrons. The molecular formula is C20H20B3N7O4. The lowest BCUT2D eigenvalue weighted by Crippen LogP contribution is -2.50. The van der Waals surface area contributed by atoms with Gasteiger partial charge in [0, 0.05) is 19.3 Å². The van der Waals surface area contributed by atoms with Crippen LogP contribution < -0.4 is 20.7 Å².